The van der Waals surface area contributed by atoms with Crippen molar-refractivity contribution in [1.29, 1.82) is 0 Å². The van der Waals surface area contributed by atoms with Crippen LogP contribution >= 0.6 is 0 Å². The molecule has 1 heterocycles. The van der Waals surface area contributed by atoms with Crippen molar-refractivity contribution in [1.82, 2.24) is 0 Å². The van der Waals surface area contributed by atoms with Gasteiger partial charge in [0.15, 0.2) is 0 Å². The number of aryl methyl sites for hydroxylation is 1. The fourth-order valence-corrected chi connectivity index (χ4v) is 2.44. The first-order valence-corrected chi connectivity index (χ1v) is 5.81. The van der Waals surface area contributed by atoms with E-state index in [1.54, 1.807) is 0 Å². The van der Waals surface area contributed by atoms with Crippen LogP contribution in [0.15, 0.2) is 18.2 Å². The second kappa shape index (κ2) is 4.23. The Labute approximate surface area is 92.1 Å². The van der Waals surface area contributed by atoms with E-state index in [1.807, 2.05) is 0 Å². The third kappa shape index (κ3) is 1.86. The predicted molar refractivity (Wildman–Crippen MR) is 65.4 cm³/mol. The van der Waals surface area contributed by atoms with Gasteiger partial charge in [0.05, 0.1) is 0 Å². The summed E-state index contributed by atoms with van der Waals surface area (Å²) < 4.78 is 0. The number of nitrogens with two attached hydrogens (primary N) is 1. The largest absolute Gasteiger partial charge is 0.371 e. The maximum absolute atomic E-state index is 5.63. The van der Waals surface area contributed by atoms with Crippen molar-refractivity contribution in [3.8, 4) is 0 Å². The second-order valence-corrected chi connectivity index (χ2v) is 4.36. The minimum Gasteiger partial charge on any atom is -0.371 e. The van der Waals surface area contributed by atoms with Gasteiger partial charge in [-0.25, -0.2) is 0 Å². The number of fused-ring (bicyclic) bond motifs is 1. The molecule has 2 nitrogen and oxygen atoms in total. The summed E-state index contributed by atoms with van der Waals surface area (Å²) in [6.07, 6.45) is 3.38. The average molecular weight is 204 g/mol. The first-order chi connectivity index (χ1) is 7.26. The number of rotatable bonds is 3. The molecule has 0 radical (unpaired) electrons. The van der Waals surface area contributed by atoms with Crippen molar-refractivity contribution >= 4 is 5.69 Å². The van der Waals surface area contributed by atoms with Gasteiger partial charge in [-0.15, -0.1) is 0 Å². The zero-order chi connectivity index (χ0) is 10.8. The molecule has 2 rings (SSSR count). The smallest absolute Gasteiger partial charge is 0.0399 e. The Balaban J connectivity index is 2.24. The van der Waals surface area contributed by atoms with Crippen molar-refractivity contribution in [3.05, 3.63) is 29.3 Å². The van der Waals surface area contributed by atoms with Gasteiger partial charge in [-0.2, -0.15) is 0 Å². The van der Waals surface area contributed by atoms with E-state index in [1.165, 1.54) is 16.8 Å². The molecule has 15 heavy (non-hydrogen) atoms. The Hall–Kier alpha value is -1.02. The summed E-state index contributed by atoms with van der Waals surface area (Å²) in [7, 11) is 2.18. The molecule has 1 aliphatic rings. The second-order valence-electron chi connectivity index (χ2n) is 4.36. The molecule has 0 saturated carbocycles. The Kier molecular flexibility index (Phi) is 2.96. The van der Waals surface area contributed by atoms with Gasteiger partial charge >= 0.3 is 0 Å². The van der Waals surface area contributed by atoms with Crippen molar-refractivity contribution < 1.29 is 0 Å². The van der Waals surface area contributed by atoms with E-state index in [0.29, 0.717) is 6.04 Å². The molecular weight excluding hydrogens is 184 g/mol. The fourth-order valence-electron chi connectivity index (χ4n) is 2.44. The Morgan fingerprint density at radius 3 is 2.93 bits per heavy atom. The number of benzene rings is 1. The molecule has 1 aromatic carbocycles. The van der Waals surface area contributed by atoms with Crippen LogP contribution in [0.5, 0.6) is 0 Å². The van der Waals surface area contributed by atoms with Crippen LogP contribution in [0, 0.1) is 0 Å². The molecule has 2 N–H and O–H groups in total. The lowest BCUT2D eigenvalue weighted by atomic mass is 10.0. The van der Waals surface area contributed by atoms with E-state index in [0.717, 1.165) is 25.8 Å². The SMILES string of the molecule is CCc1ccc2c(c1)CC(CCN)N2C. The number of hydrogen-bond donors (Lipinski definition) is 1. The summed E-state index contributed by atoms with van der Waals surface area (Å²) >= 11 is 0. The van der Waals surface area contributed by atoms with E-state index in [9.17, 15) is 0 Å². The van der Waals surface area contributed by atoms with Crippen LogP contribution < -0.4 is 10.6 Å². The van der Waals surface area contributed by atoms with Crippen LogP contribution in [0.3, 0.4) is 0 Å². The fraction of sp³-hybridized carbons (Fsp3) is 0.538. The topological polar surface area (TPSA) is 29.3 Å². The molecular formula is C13H20N2. The third-order valence-electron chi connectivity index (χ3n) is 3.44. The summed E-state index contributed by atoms with van der Waals surface area (Å²) in [5.74, 6) is 0. The van der Waals surface area contributed by atoms with E-state index >= 15 is 0 Å². The zero-order valence-corrected chi connectivity index (χ0v) is 9.66. The van der Waals surface area contributed by atoms with Crippen LogP contribution in [0.2, 0.25) is 0 Å². The van der Waals surface area contributed by atoms with Crippen molar-refractivity contribution in [2.75, 3.05) is 18.5 Å². The summed E-state index contributed by atoms with van der Waals surface area (Å²) in [6.45, 7) is 2.99. The number of anilines is 1. The minimum absolute atomic E-state index is 0.608. The summed E-state index contributed by atoms with van der Waals surface area (Å²) in [5.41, 5.74) is 9.96. The molecule has 0 fully saturated rings. The molecule has 1 atom stereocenters. The molecule has 82 valence electrons. The summed E-state index contributed by atoms with van der Waals surface area (Å²) in [4.78, 5) is 2.38. The normalized spacial score (nSPS) is 19.4. The van der Waals surface area contributed by atoms with Crippen molar-refractivity contribution in [2.45, 2.75) is 32.2 Å². The van der Waals surface area contributed by atoms with Gasteiger partial charge in [-0.1, -0.05) is 19.1 Å². The molecule has 1 unspecified atom stereocenters. The van der Waals surface area contributed by atoms with E-state index in [-0.39, 0.29) is 0 Å². The maximum atomic E-state index is 5.63. The molecule has 0 saturated heterocycles. The molecule has 2 heteroatoms. The van der Waals surface area contributed by atoms with Crippen molar-refractivity contribution in [2.24, 2.45) is 5.73 Å². The average Bonchev–Trinajstić information content (AvgIpc) is 2.56. The van der Waals surface area contributed by atoms with Gasteiger partial charge < -0.3 is 10.6 Å². The quantitative estimate of drug-likeness (QED) is 0.815. The monoisotopic (exact) mass is 204 g/mol. The van der Waals surface area contributed by atoms with Crippen molar-refractivity contribution in [3.63, 3.8) is 0 Å². The first-order valence-electron chi connectivity index (χ1n) is 5.81. The molecule has 1 aromatic rings. The molecule has 1 aliphatic heterocycles. The van der Waals surface area contributed by atoms with E-state index < -0.39 is 0 Å². The minimum atomic E-state index is 0.608. The number of hydrogen-bond acceptors (Lipinski definition) is 2. The predicted octanol–water partition coefficient (Wildman–Crippen LogP) is 1.96. The van der Waals surface area contributed by atoms with E-state index in [2.05, 4.69) is 37.1 Å². The number of likely N-dealkylation sites (N-methyl/N-ethyl adjacent to an activating group) is 1. The molecule has 0 spiro atoms. The summed E-state index contributed by atoms with van der Waals surface area (Å²) in [6, 6.07) is 7.45. The van der Waals surface area contributed by atoms with Crippen LogP contribution in [0.1, 0.15) is 24.5 Å². The van der Waals surface area contributed by atoms with Gasteiger partial charge in [0.2, 0.25) is 0 Å². The Bertz CT molecular complexity index is 346. The molecule has 0 bridgehead atoms. The maximum Gasteiger partial charge on any atom is 0.0399 e. The summed E-state index contributed by atoms with van der Waals surface area (Å²) in [5, 5.41) is 0. The lowest BCUT2D eigenvalue weighted by molar-refractivity contribution is 0.616. The van der Waals surface area contributed by atoms with Crippen LogP contribution in [-0.2, 0) is 12.8 Å². The molecule has 0 amide bonds. The van der Waals surface area contributed by atoms with Gasteiger partial charge in [-0.3, -0.25) is 0 Å². The zero-order valence-electron chi connectivity index (χ0n) is 9.66. The highest BCUT2D eigenvalue weighted by Crippen LogP contribution is 2.32. The van der Waals surface area contributed by atoms with Crippen LogP contribution in [0.25, 0.3) is 0 Å². The lowest BCUT2D eigenvalue weighted by Gasteiger charge is -2.21. The highest BCUT2D eigenvalue weighted by atomic mass is 15.2. The van der Waals surface area contributed by atoms with E-state index in [4.69, 9.17) is 5.73 Å². The first kappa shape index (κ1) is 10.5. The van der Waals surface area contributed by atoms with Gasteiger partial charge in [0.1, 0.15) is 0 Å². The Morgan fingerprint density at radius 1 is 1.47 bits per heavy atom. The highest BCUT2D eigenvalue weighted by Gasteiger charge is 2.25. The van der Waals surface area contributed by atoms with Crippen LogP contribution in [0.4, 0.5) is 5.69 Å². The highest BCUT2D eigenvalue weighted by molar-refractivity contribution is 5.59. The lowest BCUT2D eigenvalue weighted by Crippen LogP contribution is -2.29. The number of nitrogens with zero attached hydrogens (tertiary/aromatic N) is 1. The molecule has 0 aliphatic carbocycles. The third-order valence-corrected chi connectivity index (χ3v) is 3.44. The Morgan fingerprint density at radius 2 is 2.27 bits per heavy atom. The van der Waals surface area contributed by atoms with Gasteiger partial charge in [0.25, 0.3) is 0 Å². The van der Waals surface area contributed by atoms with Crippen LogP contribution in [-0.4, -0.2) is 19.6 Å². The standard InChI is InChI=1S/C13H20N2/c1-3-10-4-5-13-11(8-10)9-12(6-7-14)15(13)2/h4-5,8,12H,3,6-7,9,14H2,1-2H3. The van der Waals surface area contributed by atoms with Gasteiger partial charge in [-0.05, 0) is 43.0 Å². The van der Waals surface area contributed by atoms with Gasteiger partial charge in [0, 0.05) is 18.8 Å². The molecule has 0 aromatic heterocycles.